The van der Waals surface area contributed by atoms with Gasteiger partial charge in [0.05, 0.1) is 16.6 Å². The summed E-state index contributed by atoms with van der Waals surface area (Å²) in [5.41, 5.74) is 3.03. The molecule has 2 aromatic heterocycles. The van der Waals surface area contributed by atoms with Crippen molar-refractivity contribution in [1.82, 2.24) is 14.9 Å². The lowest BCUT2D eigenvalue weighted by molar-refractivity contribution is -0.117. The quantitative estimate of drug-likeness (QED) is 0.340. The van der Waals surface area contributed by atoms with Crippen molar-refractivity contribution in [3.8, 4) is 0 Å². The number of para-hydroxylation sites is 2. The van der Waals surface area contributed by atoms with E-state index < -0.39 is 0 Å². The minimum absolute atomic E-state index is 0.0843. The third-order valence-corrected chi connectivity index (χ3v) is 5.80. The summed E-state index contributed by atoms with van der Waals surface area (Å²) in [5, 5.41) is 5.07. The maximum atomic E-state index is 13.3. The molecule has 0 aliphatic rings. The van der Waals surface area contributed by atoms with E-state index in [-0.39, 0.29) is 16.8 Å². The molecule has 5 rings (SSSR count). The van der Waals surface area contributed by atoms with Gasteiger partial charge in [-0.25, -0.2) is 0 Å². The summed E-state index contributed by atoms with van der Waals surface area (Å²) in [6.07, 6.45) is 0. The Morgan fingerprint density at radius 1 is 0.875 bits per heavy atom. The summed E-state index contributed by atoms with van der Waals surface area (Å²) in [6, 6.07) is 18.3. The maximum Gasteiger partial charge on any atom is 0.246 e. The topological polar surface area (TPSA) is 84.0 Å². The van der Waals surface area contributed by atoms with Crippen LogP contribution in [0.25, 0.3) is 43.6 Å². The van der Waals surface area contributed by atoms with Crippen molar-refractivity contribution in [2.24, 2.45) is 0 Å². The van der Waals surface area contributed by atoms with E-state index in [0.29, 0.717) is 51.2 Å². The number of nitrogens with one attached hydrogen (secondary N) is 2. The fourth-order valence-corrected chi connectivity index (χ4v) is 4.21. The lowest BCUT2D eigenvalue weighted by Crippen LogP contribution is -2.28. The van der Waals surface area contributed by atoms with Crippen LogP contribution in [-0.2, 0) is 11.3 Å². The number of carbonyl (C=O) groups is 1. The molecule has 0 aliphatic carbocycles. The summed E-state index contributed by atoms with van der Waals surface area (Å²) in [5.74, 6) is -0.215. The molecular weight excluding hydrogens is 402 g/mol. The van der Waals surface area contributed by atoms with E-state index in [1.165, 1.54) is 0 Å². The van der Waals surface area contributed by atoms with Crippen LogP contribution in [0.4, 0.5) is 0 Å². The largest absolute Gasteiger partial charge is 0.354 e. The fraction of sp³-hybridized carbons (Fsp3) is 0.115. The predicted octanol–water partition coefficient (Wildman–Crippen LogP) is 3.84. The SMILES string of the molecule is C=C(C)C(=O)NCCn1c2ccccc2c(=O)c2cc3[nH]c4ccccc4c(=O)c3cc21. The zero-order chi connectivity index (χ0) is 22.4. The highest BCUT2D eigenvalue weighted by Gasteiger charge is 2.14. The average molecular weight is 423 g/mol. The number of rotatable bonds is 4. The Labute approximate surface area is 182 Å². The number of amides is 1. The Bertz CT molecular complexity index is 1690. The molecule has 0 fully saturated rings. The predicted molar refractivity (Wildman–Crippen MR) is 129 cm³/mol. The number of hydrogen-bond donors (Lipinski definition) is 2. The Hall–Kier alpha value is -4.19. The standard InChI is InChI=1S/C26H21N3O3/c1-15(2)26(32)27-11-12-29-22-10-6-4-8-17(22)25(31)19-13-21-18(14-23(19)29)24(30)16-7-3-5-9-20(16)28-21/h3-10,13-14H,1,11-12H2,2H3,(H,27,32)(H,28,30). The number of hydrogen-bond acceptors (Lipinski definition) is 3. The summed E-state index contributed by atoms with van der Waals surface area (Å²) >= 11 is 0. The van der Waals surface area contributed by atoms with Gasteiger partial charge in [0.15, 0.2) is 10.9 Å². The molecule has 0 saturated carbocycles. The minimum atomic E-state index is -0.215. The number of aromatic amines is 1. The maximum absolute atomic E-state index is 13.3. The van der Waals surface area contributed by atoms with E-state index in [4.69, 9.17) is 0 Å². The van der Waals surface area contributed by atoms with Gasteiger partial charge in [0, 0.05) is 45.7 Å². The van der Waals surface area contributed by atoms with Gasteiger partial charge in [-0.2, -0.15) is 0 Å². The third-order valence-electron chi connectivity index (χ3n) is 5.80. The molecular formula is C26H21N3O3. The molecule has 0 atom stereocenters. The first-order chi connectivity index (χ1) is 15.5. The monoisotopic (exact) mass is 423 g/mol. The Kier molecular flexibility index (Phi) is 4.63. The smallest absolute Gasteiger partial charge is 0.246 e. The van der Waals surface area contributed by atoms with E-state index in [0.717, 1.165) is 11.0 Å². The van der Waals surface area contributed by atoms with E-state index in [2.05, 4.69) is 16.9 Å². The number of fused-ring (bicyclic) bond motifs is 4. The number of nitrogens with zero attached hydrogens (tertiary/aromatic N) is 1. The normalized spacial score (nSPS) is 11.4. The van der Waals surface area contributed by atoms with Crippen molar-refractivity contribution in [2.75, 3.05) is 6.54 Å². The molecule has 6 nitrogen and oxygen atoms in total. The first-order valence-corrected chi connectivity index (χ1v) is 10.4. The molecule has 0 saturated heterocycles. The van der Waals surface area contributed by atoms with Gasteiger partial charge in [0.25, 0.3) is 0 Å². The third kappa shape index (κ3) is 3.08. The van der Waals surface area contributed by atoms with Gasteiger partial charge in [-0.05, 0) is 43.3 Å². The number of H-pyrrole nitrogens is 1. The lowest BCUT2D eigenvalue weighted by Gasteiger charge is -2.16. The fourth-order valence-electron chi connectivity index (χ4n) is 4.21. The van der Waals surface area contributed by atoms with E-state index >= 15 is 0 Å². The molecule has 3 aromatic carbocycles. The van der Waals surface area contributed by atoms with Crippen molar-refractivity contribution in [1.29, 1.82) is 0 Å². The summed E-state index contributed by atoms with van der Waals surface area (Å²) in [7, 11) is 0. The summed E-state index contributed by atoms with van der Waals surface area (Å²) in [6.45, 7) is 6.12. The van der Waals surface area contributed by atoms with Crippen molar-refractivity contribution in [3.63, 3.8) is 0 Å². The van der Waals surface area contributed by atoms with Crippen LogP contribution in [0.5, 0.6) is 0 Å². The van der Waals surface area contributed by atoms with Crippen molar-refractivity contribution in [2.45, 2.75) is 13.5 Å². The van der Waals surface area contributed by atoms with Gasteiger partial charge in [-0.15, -0.1) is 0 Å². The average Bonchev–Trinajstić information content (AvgIpc) is 2.80. The Morgan fingerprint density at radius 2 is 1.56 bits per heavy atom. The highest BCUT2D eigenvalue weighted by atomic mass is 16.1. The molecule has 5 aromatic rings. The van der Waals surface area contributed by atoms with Crippen molar-refractivity contribution in [3.05, 3.63) is 93.3 Å². The van der Waals surface area contributed by atoms with Crippen LogP contribution in [0.3, 0.4) is 0 Å². The van der Waals surface area contributed by atoms with Crippen LogP contribution in [-0.4, -0.2) is 22.0 Å². The van der Waals surface area contributed by atoms with Crippen LogP contribution in [0.2, 0.25) is 0 Å². The molecule has 32 heavy (non-hydrogen) atoms. The van der Waals surface area contributed by atoms with Crippen molar-refractivity contribution >= 4 is 49.5 Å². The van der Waals surface area contributed by atoms with Gasteiger partial charge in [0.1, 0.15) is 0 Å². The highest BCUT2D eigenvalue weighted by Crippen LogP contribution is 2.24. The van der Waals surface area contributed by atoms with Gasteiger partial charge in [-0.3, -0.25) is 14.4 Å². The molecule has 158 valence electrons. The van der Waals surface area contributed by atoms with E-state index in [1.807, 2.05) is 41.0 Å². The molecule has 0 aliphatic heterocycles. The molecule has 0 unspecified atom stereocenters. The van der Waals surface area contributed by atoms with E-state index in [9.17, 15) is 14.4 Å². The Balaban J connectivity index is 1.81. The second-order valence-electron chi connectivity index (χ2n) is 7.95. The second kappa shape index (κ2) is 7.50. The van der Waals surface area contributed by atoms with E-state index in [1.54, 1.807) is 31.2 Å². The lowest BCUT2D eigenvalue weighted by atomic mass is 10.0. The second-order valence-corrected chi connectivity index (χ2v) is 7.95. The van der Waals surface area contributed by atoms with Gasteiger partial charge in [-0.1, -0.05) is 30.8 Å². The molecule has 2 N–H and O–H groups in total. The zero-order valence-electron chi connectivity index (χ0n) is 17.6. The molecule has 1 amide bonds. The van der Waals surface area contributed by atoms with Crippen LogP contribution in [0.15, 0.2) is 82.4 Å². The molecule has 2 heterocycles. The van der Waals surface area contributed by atoms with Gasteiger partial charge < -0.3 is 14.9 Å². The molecule has 0 bridgehead atoms. The summed E-state index contributed by atoms with van der Waals surface area (Å²) in [4.78, 5) is 41.7. The number of aromatic nitrogens is 2. The molecule has 0 radical (unpaired) electrons. The molecule has 6 heteroatoms. The number of benzene rings is 3. The number of pyridine rings is 2. The Morgan fingerprint density at radius 3 is 2.34 bits per heavy atom. The minimum Gasteiger partial charge on any atom is -0.354 e. The first-order valence-electron chi connectivity index (χ1n) is 10.4. The summed E-state index contributed by atoms with van der Waals surface area (Å²) < 4.78 is 1.98. The van der Waals surface area contributed by atoms with Crippen LogP contribution >= 0.6 is 0 Å². The molecule has 0 spiro atoms. The van der Waals surface area contributed by atoms with Crippen LogP contribution < -0.4 is 16.2 Å². The van der Waals surface area contributed by atoms with Crippen molar-refractivity contribution < 1.29 is 4.79 Å². The first kappa shape index (κ1) is 19.8. The number of carbonyl (C=O) groups excluding carboxylic acids is 1. The van der Waals surface area contributed by atoms with Crippen LogP contribution in [0.1, 0.15) is 6.92 Å². The van der Waals surface area contributed by atoms with Gasteiger partial charge in [0.2, 0.25) is 5.91 Å². The van der Waals surface area contributed by atoms with Gasteiger partial charge >= 0.3 is 0 Å². The highest BCUT2D eigenvalue weighted by molar-refractivity contribution is 6.03. The zero-order valence-corrected chi connectivity index (χ0v) is 17.6. The van der Waals surface area contributed by atoms with Crippen LogP contribution in [0, 0.1) is 0 Å².